The third-order valence-corrected chi connectivity index (χ3v) is 3.25. The Morgan fingerprint density at radius 2 is 2.00 bits per heavy atom. The summed E-state index contributed by atoms with van der Waals surface area (Å²) in [6.45, 7) is 7.98. The average Bonchev–Trinajstić information content (AvgIpc) is 2.28. The van der Waals surface area contributed by atoms with Gasteiger partial charge in [0, 0.05) is 11.6 Å². The maximum Gasteiger partial charge on any atom is 0.290 e. The summed E-state index contributed by atoms with van der Waals surface area (Å²) < 4.78 is 0. The minimum absolute atomic E-state index is 0.0183. The van der Waals surface area contributed by atoms with E-state index in [1.165, 1.54) is 6.07 Å². The highest BCUT2D eigenvalue weighted by Gasteiger charge is 2.20. The Balaban J connectivity index is 2.95. The Morgan fingerprint density at radius 1 is 1.41 bits per heavy atom. The van der Waals surface area contributed by atoms with Crippen LogP contribution in [0.25, 0.3) is 0 Å². The second kappa shape index (κ2) is 5.12. The molecule has 1 N–H and O–H groups in total. The molecule has 0 aliphatic rings. The molecule has 0 bridgehead atoms. The third-order valence-electron chi connectivity index (χ3n) is 3.25. The number of nitro groups is 1. The van der Waals surface area contributed by atoms with Gasteiger partial charge in [-0.1, -0.05) is 13.8 Å². The summed E-state index contributed by atoms with van der Waals surface area (Å²) in [5, 5.41) is 14.0. The highest BCUT2D eigenvalue weighted by atomic mass is 16.6. The van der Waals surface area contributed by atoms with Gasteiger partial charge in [-0.3, -0.25) is 10.1 Å². The van der Waals surface area contributed by atoms with Crippen LogP contribution >= 0.6 is 0 Å². The molecule has 94 valence electrons. The molecule has 5 nitrogen and oxygen atoms in total. The summed E-state index contributed by atoms with van der Waals surface area (Å²) in [7, 11) is 0. The SMILES string of the molecule is CCC(C)(CC)Nc1ccc([N+](=O)[O-])c(C)n1. The second-order valence-electron chi connectivity index (χ2n) is 4.45. The zero-order chi connectivity index (χ0) is 13.1. The van der Waals surface area contributed by atoms with Crippen LogP contribution in [0.3, 0.4) is 0 Å². The van der Waals surface area contributed by atoms with Gasteiger partial charge in [0.05, 0.1) is 4.92 Å². The van der Waals surface area contributed by atoms with E-state index >= 15 is 0 Å². The number of hydrogen-bond acceptors (Lipinski definition) is 4. The van der Waals surface area contributed by atoms with Crippen molar-refractivity contribution in [1.29, 1.82) is 0 Å². The Kier molecular flexibility index (Phi) is 4.04. The quantitative estimate of drug-likeness (QED) is 0.630. The molecule has 0 saturated carbocycles. The van der Waals surface area contributed by atoms with E-state index in [1.54, 1.807) is 13.0 Å². The smallest absolute Gasteiger partial charge is 0.290 e. The van der Waals surface area contributed by atoms with Crippen molar-refractivity contribution in [1.82, 2.24) is 4.98 Å². The molecule has 1 heterocycles. The van der Waals surface area contributed by atoms with Gasteiger partial charge in [0.15, 0.2) is 0 Å². The van der Waals surface area contributed by atoms with Crippen molar-refractivity contribution < 1.29 is 4.92 Å². The number of rotatable bonds is 5. The molecule has 17 heavy (non-hydrogen) atoms. The third kappa shape index (κ3) is 3.15. The molecule has 0 atom stereocenters. The molecule has 0 saturated heterocycles. The molecule has 0 spiro atoms. The average molecular weight is 237 g/mol. The number of nitrogens with zero attached hydrogens (tertiary/aromatic N) is 2. The maximum absolute atomic E-state index is 10.7. The van der Waals surface area contributed by atoms with Crippen LogP contribution in [-0.2, 0) is 0 Å². The summed E-state index contributed by atoms with van der Waals surface area (Å²) in [4.78, 5) is 14.5. The van der Waals surface area contributed by atoms with E-state index in [2.05, 4.69) is 31.1 Å². The number of aryl methyl sites for hydroxylation is 1. The fourth-order valence-corrected chi connectivity index (χ4v) is 1.55. The molecule has 0 aliphatic heterocycles. The Hall–Kier alpha value is -1.65. The molecule has 1 aromatic rings. The van der Waals surface area contributed by atoms with Gasteiger partial charge in [-0.2, -0.15) is 0 Å². The predicted molar refractivity (Wildman–Crippen MR) is 68.2 cm³/mol. The van der Waals surface area contributed by atoms with E-state index < -0.39 is 4.92 Å². The van der Waals surface area contributed by atoms with Gasteiger partial charge in [0.1, 0.15) is 11.5 Å². The predicted octanol–water partition coefficient (Wildman–Crippen LogP) is 3.29. The van der Waals surface area contributed by atoms with Crippen molar-refractivity contribution in [2.24, 2.45) is 0 Å². The van der Waals surface area contributed by atoms with Crippen LogP contribution in [0.1, 0.15) is 39.3 Å². The largest absolute Gasteiger partial charge is 0.365 e. The van der Waals surface area contributed by atoms with E-state index in [1.807, 2.05) is 0 Å². The lowest BCUT2D eigenvalue weighted by Crippen LogP contribution is -2.33. The van der Waals surface area contributed by atoms with E-state index in [0.717, 1.165) is 12.8 Å². The molecule has 1 rings (SSSR count). The van der Waals surface area contributed by atoms with Crippen molar-refractivity contribution >= 4 is 11.5 Å². The highest BCUT2D eigenvalue weighted by molar-refractivity contribution is 5.46. The normalized spacial score (nSPS) is 11.3. The summed E-state index contributed by atoms with van der Waals surface area (Å²) in [6, 6.07) is 3.16. The lowest BCUT2D eigenvalue weighted by atomic mass is 9.95. The molecular formula is C12H19N3O2. The molecule has 0 aliphatic carbocycles. The number of pyridine rings is 1. The zero-order valence-corrected chi connectivity index (χ0v) is 10.8. The summed E-state index contributed by atoms with van der Waals surface area (Å²) in [5.74, 6) is 0.694. The first-order chi connectivity index (χ1) is 7.91. The van der Waals surface area contributed by atoms with Crippen molar-refractivity contribution in [3.05, 3.63) is 27.9 Å². The molecule has 0 fully saturated rings. The maximum atomic E-state index is 10.7. The van der Waals surface area contributed by atoms with Gasteiger partial charge in [-0.05, 0) is 32.8 Å². The monoisotopic (exact) mass is 237 g/mol. The second-order valence-corrected chi connectivity index (χ2v) is 4.45. The first kappa shape index (κ1) is 13.4. The number of hydrogen-bond donors (Lipinski definition) is 1. The fraction of sp³-hybridized carbons (Fsp3) is 0.583. The summed E-state index contributed by atoms with van der Waals surface area (Å²) in [5.41, 5.74) is 0.482. The molecular weight excluding hydrogens is 218 g/mol. The van der Waals surface area contributed by atoms with Crippen LogP contribution < -0.4 is 5.32 Å². The number of nitrogens with one attached hydrogen (secondary N) is 1. The molecule has 0 amide bonds. The van der Waals surface area contributed by atoms with E-state index in [0.29, 0.717) is 11.5 Å². The Morgan fingerprint density at radius 3 is 2.41 bits per heavy atom. The van der Waals surface area contributed by atoms with E-state index in [9.17, 15) is 10.1 Å². The zero-order valence-electron chi connectivity index (χ0n) is 10.8. The van der Waals surface area contributed by atoms with E-state index in [-0.39, 0.29) is 11.2 Å². The van der Waals surface area contributed by atoms with Crippen LogP contribution in [0, 0.1) is 17.0 Å². The highest BCUT2D eigenvalue weighted by Crippen LogP contribution is 2.23. The molecule has 5 heteroatoms. The molecule has 1 aromatic heterocycles. The van der Waals surface area contributed by atoms with Gasteiger partial charge in [0.25, 0.3) is 5.69 Å². The Labute approximate surface area is 101 Å². The Bertz CT molecular complexity index is 414. The number of aromatic nitrogens is 1. The minimum atomic E-state index is -0.412. The van der Waals surface area contributed by atoms with Gasteiger partial charge in [-0.15, -0.1) is 0 Å². The first-order valence-electron chi connectivity index (χ1n) is 5.82. The van der Waals surface area contributed by atoms with Crippen molar-refractivity contribution in [3.63, 3.8) is 0 Å². The minimum Gasteiger partial charge on any atom is -0.365 e. The van der Waals surface area contributed by atoms with Gasteiger partial charge >= 0.3 is 0 Å². The van der Waals surface area contributed by atoms with Crippen molar-refractivity contribution in [2.45, 2.75) is 46.1 Å². The van der Waals surface area contributed by atoms with Crippen LogP contribution in [0.5, 0.6) is 0 Å². The van der Waals surface area contributed by atoms with Gasteiger partial charge < -0.3 is 5.32 Å². The van der Waals surface area contributed by atoms with Crippen LogP contribution in [0.2, 0.25) is 0 Å². The topological polar surface area (TPSA) is 68.1 Å². The van der Waals surface area contributed by atoms with Crippen LogP contribution in [0.15, 0.2) is 12.1 Å². The molecule has 0 aromatic carbocycles. The van der Waals surface area contributed by atoms with Gasteiger partial charge in [0.2, 0.25) is 0 Å². The lowest BCUT2D eigenvalue weighted by molar-refractivity contribution is -0.385. The first-order valence-corrected chi connectivity index (χ1v) is 5.82. The van der Waals surface area contributed by atoms with Crippen LogP contribution in [-0.4, -0.2) is 15.4 Å². The molecule has 0 radical (unpaired) electrons. The number of anilines is 1. The van der Waals surface area contributed by atoms with E-state index in [4.69, 9.17) is 0 Å². The summed E-state index contributed by atoms with van der Waals surface area (Å²) in [6.07, 6.45) is 1.95. The molecule has 0 unspecified atom stereocenters. The van der Waals surface area contributed by atoms with Crippen molar-refractivity contribution in [2.75, 3.05) is 5.32 Å². The van der Waals surface area contributed by atoms with Crippen molar-refractivity contribution in [3.8, 4) is 0 Å². The lowest BCUT2D eigenvalue weighted by Gasteiger charge is -2.28. The standard InChI is InChI=1S/C12H19N3O2/c1-5-12(4,6-2)14-11-8-7-10(15(16)17)9(3)13-11/h7-8H,5-6H2,1-4H3,(H,13,14). The van der Waals surface area contributed by atoms with Gasteiger partial charge in [-0.25, -0.2) is 4.98 Å². The summed E-state index contributed by atoms with van der Waals surface area (Å²) >= 11 is 0. The van der Waals surface area contributed by atoms with Crippen LogP contribution in [0.4, 0.5) is 11.5 Å². The fourth-order valence-electron chi connectivity index (χ4n) is 1.55.